The van der Waals surface area contributed by atoms with Crippen LogP contribution in [0.3, 0.4) is 0 Å². The first-order chi connectivity index (χ1) is 10.7. The topological polar surface area (TPSA) is 73.2 Å². The molecule has 0 unspecified atom stereocenters. The number of nitrogens with one attached hydrogen (secondary N) is 1. The zero-order chi connectivity index (χ0) is 16.8. The van der Waals surface area contributed by atoms with Gasteiger partial charge in [0.25, 0.3) is 0 Å². The maximum Gasteiger partial charge on any atom is 0.491 e. The number of aromatic nitrogens is 2. The Labute approximate surface area is 144 Å². The fourth-order valence-electron chi connectivity index (χ4n) is 2.53. The predicted octanol–water partition coefficient (Wildman–Crippen LogP) is 3.30. The molecule has 3 heterocycles. The molecule has 0 spiro atoms. The van der Waals surface area contributed by atoms with Gasteiger partial charge in [0.1, 0.15) is 5.65 Å². The predicted molar refractivity (Wildman–Crippen MR) is 96.9 cm³/mol. The molecule has 122 valence electrons. The molecule has 23 heavy (non-hydrogen) atoms. The van der Waals surface area contributed by atoms with E-state index >= 15 is 0 Å². The molecule has 0 saturated carbocycles. The summed E-state index contributed by atoms with van der Waals surface area (Å²) in [5.74, 6) is 0. The van der Waals surface area contributed by atoms with Crippen molar-refractivity contribution in [3.63, 3.8) is 0 Å². The molecule has 2 aromatic heterocycles. The Morgan fingerprint density at radius 2 is 2.00 bits per heavy atom. The van der Waals surface area contributed by atoms with Crippen molar-refractivity contribution in [3.8, 4) is 0 Å². The highest BCUT2D eigenvalue weighted by Gasteiger charge is 2.52. The highest BCUT2D eigenvalue weighted by Crippen LogP contribution is 2.38. The van der Waals surface area contributed by atoms with Gasteiger partial charge in [0.15, 0.2) is 0 Å². The summed E-state index contributed by atoms with van der Waals surface area (Å²) in [6.07, 6.45) is 5.71. The van der Waals surface area contributed by atoms with E-state index in [0.29, 0.717) is 6.54 Å². The van der Waals surface area contributed by atoms with Crippen molar-refractivity contribution >= 4 is 40.2 Å². The van der Waals surface area contributed by atoms with Gasteiger partial charge < -0.3 is 20.0 Å². The summed E-state index contributed by atoms with van der Waals surface area (Å²) in [7, 11) is -0.435. The Morgan fingerprint density at radius 3 is 2.61 bits per heavy atom. The van der Waals surface area contributed by atoms with Crippen LogP contribution in [-0.4, -0.2) is 34.8 Å². The molecular weight excluding hydrogens is 357 g/mol. The van der Waals surface area contributed by atoms with E-state index in [1.165, 1.54) is 0 Å². The minimum Gasteiger partial charge on any atom is -0.400 e. The summed E-state index contributed by atoms with van der Waals surface area (Å²) in [5.41, 5.74) is 7.96. The van der Waals surface area contributed by atoms with E-state index in [0.717, 1.165) is 26.5 Å². The Bertz CT molecular complexity index is 754. The van der Waals surface area contributed by atoms with Gasteiger partial charge in [-0.1, -0.05) is 6.08 Å². The summed E-state index contributed by atoms with van der Waals surface area (Å²) in [6, 6.07) is 2.03. The molecule has 0 atom stereocenters. The molecular formula is C16H21BBrN3O2. The molecule has 0 aliphatic carbocycles. The third kappa shape index (κ3) is 2.98. The Hall–Kier alpha value is -1.15. The van der Waals surface area contributed by atoms with Crippen molar-refractivity contribution in [1.82, 2.24) is 9.97 Å². The molecule has 3 rings (SSSR count). The van der Waals surface area contributed by atoms with Crippen LogP contribution in [0.4, 0.5) is 0 Å². The van der Waals surface area contributed by atoms with Crippen LogP contribution in [0.15, 0.2) is 28.4 Å². The Morgan fingerprint density at radius 1 is 1.35 bits per heavy atom. The number of halogens is 1. The lowest BCUT2D eigenvalue weighted by Crippen LogP contribution is -2.41. The van der Waals surface area contributed by atoms with E-state index in [-0.39, 0.29) is 11.2 Å². The van der Waals surface area contributed by atoms with Gasteiger partial charge in [-0.15, -0.1) is 0 Å². The molecule has 3 N–H and O–H groups in total. The van der Waals surface area contributed by atoms with Crippen molar-refractivity contribution < 1.29 is 9.31 Å². The average Bonchev–Trinajstić information content (AvgIpc) is 2.94. The van der Waals surface area contributed by atoms with Crippen molar-refractivity contribution in [2.45, 2.75) is 38.9 Å². The maximum absolute atomic E-state index is 6.10. The summed E-state index contributed by atoms with van der Waals surface area (Å²) in [4.78, 5) is 7.52. The first-order valence-electron chi connectivity index (χ1n) is 7.62. The second kappa shape index (κ2) is 5.74. The van der Waals surface area contributed by atoms with Crippen LogP contribution in [0.1, 0.15) is 33.3 Å². The molecule has 5 nitrogen and oxygen atoms in total. The molecule has 1 saturated heterocycles. The van der Waals surface area contributed by atoms with E-state index < -0.39 is 7.12 Å². The number of nitrogens with zero attached hydrogens (tertiary/aromatic N) is 1. The van der Waals surface area contributed by atoms with Gasteiger partial charge in [0, 0.05) is 34.4 Å². The van der Waals surface area contributed by atoms with E-state index in [4.69, 9.17) is 15.0 Å². The standard InChI is InChI=1S/C16H21BBrN3O2/c1-15(2)16(3,4)23-17(22-15)11(7-19)5-10-8-20-14-13(10)6-12(18)9-21-14/h5-6,8-9H,7,19H2,1-4H3,(H,20,21). The number of rotatable bonds is 3. The molecule has 1 aliphatic rings. The van der Waals surface area contributed by atoms with E-state index in [2.05, 4.69) is 25.9 Å². The number of fused-ring (bicyclic) bond motifs is 1. The average molecular weight is 378 g/mol. The van der Waals surface area contributed by atoms with Gasteiger partial charge in [-0.25, -0.2) is 4.98 Å². The maximum atomic E-state index is 6.10. The lowest BCUT2D eigenvalue weighted by Gasteiger charge is -2.32. The van der Waals surface area contributed by atoms with Crippen LogP contribution >= 0.6 is 15.9 Å². The zero-order valence-corrected chi connectivity index (χ0v) is 15.4. The van der Waals surface area contributed by atoms with Crippen LogP contribution < -0.4 is 5.73 Å². The fourth-order valence-corrected chi connectivity index (χ4v) is 2.87. The minimum absolute atomic E-state index is 0.366. The zero-order valence-electron chi connectivity index (χ0n) is 13.8. The second-order valence-electron chi connectivity index (χ2n) is 6.81. The van der Waals surface area contributed by atoms with E-state index in [1.54, 1.807) is 6.20 Å². The molecule has 7 heteroatoms. The Kier molecular flexibility index (Phi) is 4.17. The lowest BCUT2D eigenvalue weighted by atomic mass is 9.77. The Balaban J connectivity index is 1.97. The third-order valence-corrected chi connectivity index (χ3v) is 5.10. The molecule has 2 aromatic rings. The molecule has 0 amide bonds. The van der Waals surface area contributed by atoms with Crippen molar-refractivity contribution in [1.29, 1.82) is 0 Å². The van der Waals surface area contributed by atoms with Gasteiger partial charge in [-0.05, 0) is 55.2 Å². The van der Waals surface area contributed by atoms with Crippen molar-refractivity contribution in [3.05, 3.63) is 34.0 Å². The van der Waals surface area contributed by atoms with Gasteiger partial charge in [-0.3, -0.25) is 0 Å². The number of H-pyrrole nitrogens is 1. The molecule has 1 fully saturated rings. The summed E-state index contributed by atoms with van der Waals surface area (Å²) in [5, 5.41) is 1.03. The minimum atomic E-state index is -0.435. The van der Waals surface area contributed by atoms with Crippen molar-refractivity contribution in [2.24, 2.45) is 5.73 Å². The summed E-state index contributed by atoms with van der Waals surface area (Å²) in [6.45, 7) is 8.51. The number of hydrogen-bond donors (Lipinski definition) is 2. The van der Waals surface area contributed by atoms with Gasteiger partial charge >= 0.3 is 7.12 Å². The van der Waals surface area contributed by atoms with Crippen LogP contribution in [0.25, 0.3) is 17.1 Å². The normalized spacial score (nSPS) is 20.4. The van der Waals surface area contributed by atoms with E-state index in [1.807, 2.05) is 46.0 Å². The monoisotopic (exact) mass is 377 g/mol. The number of hydrogen-bond acceptors (Lipinski definition) is 4. The van der Waals surface area contributed by atoms with E-state index in [9.17, 15) is 0 Å². The quantitative estimate of drug-likeness (QED) is 0.805. The SMILES string of the molecule is CC1(C)OB(C(=Cc2c[nH]c3ncc(Br)cc23)CN)OC1(C)C. The molecule has 0 aromatic carbocycles. The highest BCUT2D eigenvalue weighted by molar-refractivity contribution is 9.10. The number of aromatic amines is 1. The van der Waals surface area contributed by atoms with Gasteiger partial charge in [0.2, 0.25) is 0 Å². The number of pyridine rings is 1. The van der Waals surface area contributed by atoms with Crippen LogP contribution in [-0.2, 0) is 9.31 Å². The van der Waals surface area contributed by atoms with Gasteiger partial charge in [-0.2, -0.15) is 0 Å². The van der Waals surface area contributed by atoms with Crippen LogP contribution in [0.5, 0.6) is 0 Å². The second-order valence-corrected chi connectivity index (χ2v) is 7.72. The molecule has 0 radical (unpaired) electrons. The molecule has 1 aliphatic heterocycles. The first-order valence-corrected chi connectivity index (χ1v) is 8.41. The summed E-state index contributed by atoms with van der Waals surface area (Å²) >= 11 is 3.46. The lowest BCUT2D eigenvalue weighted by molar-refractivity contribution is 0.00578. The highest BCUT2D eigenvalue weighted by atomic mass is 79.9. The van der Waals surface area contributed by atoms with Gasteiger partial charge in [0.05, 0.1) is 11.2 Å². The number of nitrogens with two attached hydrogens (primary N) is 1. The van der Waals surface area contributed by atoms with Crippen molar-refractivity contribution in [2.75, 3.05) is 6.54 Å². The molecule has 0 bridgehead atoms. The first kappa shape index (κ1) is 16.7. The summed E-state index contributed by atoms with van der Waals surface area (Å²) < 4.78 is 13.1. The fraction of sp³-hybridized carbons (Fsp3) is 0.438. The van der Waals surface area contributed by atoms with Crippen LogP contribution in [0, 0.1) is 0 Å². The largest absolute Gasteiger partial charge is 0.491 e. The smallest absolute Gasteiger partial charge is 0.400 e. The third-order valence-electron chi connectivity index (χ3n) is 4.66. The van der Waals surface area contributed by atoms with Crippen LogP contribution in [0.2, 0.25) is 0 Å².